The molecule has 0 bridgehead atoms. The van der Waals surface area contributed by atoms with Gasteiger partial charge in [-0.3, -0.25) is 19.7 Å². The summed E-state index contributed by atoms with van der Waals surface area (Å²) in [5.74, 6) is -0.473. The first kappa shape index (κ1) is 21.0. The number of hydrogen-bond donors (Lipinski definition) is 2. The van der Waals surface area contributed by atoms with Crippen LogP contribution in [0.15, 0.2) is 52.1 Å². The van der Waals surface area contributed by atoms with Gasteiger partial charge in [0.2, 0.25) is 5.91 Å². The van der Waals surface area contributed by atoms with E-state index in [9.17, 15) is 14.4 Å². The molecule has 0 aliphatic carbocycles. The molecule has 0 aliphatic heterocycles. The molecule has 10 heteroatoms. The van der Waals surface area contributed by atoms with E-state index in [2.05, 4.69) is 15.6 Å². The van der Waals surface area contributed by atoms with Gasteiger partial charge in [0.05, 0.1) is 22.7 Å². The summed E-state index contributed by atoms with van der Waals surface area (Å²) >= 11 is 3.66. The minimum atomic E-state index is -0.253. The molecule has 0 spiro atoms. The van der Waals surface area contributed by atoms with Crippen LogP contribution in [0.4, 0.5) is 15.6 Å². The van der Waals surface area contributed by atoms with E-state index in [1.807, 2.05) is 11.4 Å². The third kappa shape index (κ3) is 5.89. The number of anilines is 2. The third-order valence-electron chi connectivity index (χ3n) is 3.58. The molecule has 0 aliphatic rings. The van der Waals surface area contributed by atoms with E-state index in [0.29, 0.717) is 26.3 Å². The van der Waals surface area contributed by atoms with Gasteiger partial charge in [0, 0.05) is 24.4 Å². The Hall–Kier alpha value is -2.69. The molecule has 0 saturated heterocycles. The molecule has 3 aromatic rings. The molecular formula is C19H18N4O3S3. The highest BCUT2D eigenvalue weighted by Crippen LogP contribution is 2.29. The summed E-state index contributed by atoms with van der Waals surface area (Å²) in [4.78, 5) is 43.5. The van der Waals surface area contributed by atoms with Crippen LogP contribution in [0.1, 0.15) is 15.4 Å². The standard InChI is InChI=1S/C19H18N4O3S3/c1-23(2)19(26)29-14-7-4-3-6-13(14)21-16(24)10-12-11-28-18(20-12)22-17(25)15-8-5-9-27-15/h3-9,11H,10H2,1-2H3,(H,21,24)(H,20,22,25). The summed E-state index contributed by atoms with van der Waals surface area (Å²) in [6.07, 6.45) is 0.0615. The van der Waals surface area contributed by atoms with Crippen LogP contribution >= 0.6 is 34.4 Å². The number of nitrogens with zero attached hydrogens (tertiary/aromatic N) is 2. The van der Waals surface area contributed by atoms with Crippen molar-refractivity contribution in [2.75, 3.05) is 24.7 Å². The Morgan fingerprint density at radius 2 is 1.86 bits per heavy atom. The van der Waals surface area contributed by atoms with Crippen molar-refractivity contribution in [1.82, 2.24) is 9.88 Å². The van der Waals surface area contributed by atoms with Crippen LogP contribution in [0.5, 0.6) is 0 Å². The molecule has 3 rings (SSSR count). The highest BCUT2D eigenvalue weighted by molar-refractivity contribution is 8.13. The summed E-state index contributed by atoms with van der Waals surface area (Å²) in [5, 5.41) is 9.43. The number of carbonyl (C=O) groups excluding carboxylic acids is 3. The first-order chi connectivity index (χ1) is 13.9. The zero-order chi connectivity index (χ0) is 20.8. The van der Waals surface area contributed by atoms with Crippen molar-refractivity contribution in [3.05, 3.63) is 57.7 Å². The molecule has 2 aromatic heterocycles. The number of carbonyl (C=O) groups is 3. The van der Waals surface area contributed by atoms with E-state index in [0.717, 1.165) is 11.8 Å². The molecule has 0 atom stereocenters. The van der Waals surface area contributed by atoms with Gasteiger partial charge in [-0.2, -0.15) is 0 Å². The minimum absolute atomic E-state index is 0.0615. The molecule has 1 aromatic carbocycles. The second kappa shape index (κ2) is 9.68. The number of nitrogens with one attached hydrogen (secondary N) is 2. The molecule has 29 heavy (non-hydrogen) atoms. The van der Waals surface area contributed by atoms with Gasteiger partial charge in [0.15, 0.2) is 5.13 Å². The highest BCUT2D eigenvalue weighted by atomic mass is 32.2. The number of benzene rings is 1. The lowest BCUT2D eigenvalue weighted by Gasteiger charge is -2.12. The Bertz CT molecular complexity index is 1020. The predicted molar refractivity (Wildman–Crippen MR) is 118 cm³/mol. The molecule has 2 heterocycles. The van der Waals surface area contributed by atoms with Crippen molar-refractivity contribution < 1.29 is 14.4 Å². The number of thioether (sulfide) groups is 1. The second-order valence-electron chi connectivity index (χ2n) is 6.06. The molecule has 3 amide bonds. The average molecular weight is 447 g/mol. The van der Waals surface area contributed by atoms with Crippen LogP contribution < -0.4 is 10.6 Å². The highest BCUT2D eigenvalue weighted by Gasteiger charge is 2.15. The minimum Gasteiger partial charge on any atom is -0.339 e. The first-order valence-corrected chi connectivity index (χ1v) is 11.1. The summed E-state index contributed by atoms with van der Waals surface area (Å²) < 4.78 is 0. The monoisotopic (exact) mass is 446 g/mol. The van der Waals surface area contributed by atoms with E-state index in [1.165, 1.54) is 27.6 Å². The molecule has 0 unspecified atom stereocenters. The predicted octanol–water partition coefficient (Wildman–Crippen LogP) is 4.41. The maximum atomic E-state index is 12.4. The van der Waals surface area contributed by atoms with Crippen molar-refractivity contribution in [3.63, 3.8) is 0 Å². The van der Waals surface area contributed by atoms with Gasteiger partial charge in [-0.15, -0.1) is 22.7 Å². The molecule has 0 fully saturated rings. The lowest BCUT2D eigenvalue weighted by molar-refractivity contribution is -0.115. The number of thiazole rings is 1. The maximum absolute atomic E-state index is 12.4. The fourth-order valence-corrected chi connectivity index (χ4v) is 4.29. The SMILES string of the molecule is CN(C)C(=O)Sc1ccccc1NC(=O)Cc1csc(NC(=O)c2cccs2)n1. The van der Waals surface area contributed by atoms with Crippen LogP contribution in [0.25, 0.3) is 0 Å². The topological polar surface area (TPSA) is 91.4 Å². The molecule has 0 radical (unpaired) electrons. The van der Waals surface area contributed by atoms with Gasteiger partial charge >= 0.3 is 0 Å². The number of para-hydroxylation sites is 1. The van der Waals surface area contributed by atoms with Crippen molar-refractivity contribution in [2.24, 2.45) is 0 Å². The molecular weight excluding hydrogens is 428 g/mol. The molecule has 150 valence electrons. The Labute approximate surface area is 180 Å². The first-order valence-electron chi connectivity index (χ1n) is 8.49. The van der Waals surface area contributed by atoms with Crippen LogP contribution in [0, 0.1) is 0 Å². The Balaban J connectivity index is 1.60. The van der Waals surface area contributed by atoms with Crippen molar-refractivity contribution in [1.29, 1.82) is 0 Å². The smallest absolute Gasteiger partial charge is 0.286 e. The van der Waals surface area contributed by atoms with Gasteiger partial charge in [-0.25, -0.2) is 4.98 Å². The van der Waals surface area contributed by atoms with E-state index >= 15 is 0 Å². The zero-order valence-corrected chi connectivity index (χ0v) is 18.1. The number of thiophene rings is 1. The van der Waals surface area contributed by atoms with E-state index in [4.69, 9.17) is 0 Å². The largest absolute Gasteiger partial charge is 0.339 e. The fraction of sp³-hybridized carbons (Fsp3) is 0.158. The van der Waals surface area contributed by atoms with E-state index in [1.54, 1.807) is 49.8 Å². The fourth-order valence-electron chi connectivity index (χ4n) is 2.22. The Kier molecular flexibility index (Phi) is 7.02. The third-order valence-corrected chi connectivity index (χ3v) is 6.37. The van der Waals surface area contributed by atoms with Crippen LogP contribution in [0.3, 0.4) is 0 Å². The summed E-state index contributed by atoms with van der Waals surface area (Å²) in [5.41, 5.74) is 1.13. The second-order valence-corrected chi connectivity index (χ2v) is 8.86. The van der Waals surface area contributed by atoms with Crippen LogP contribution in [-0.2, 0) is 11.2 Å². The normalized spacial score (nSPS) is 10.4. The number of amides is 3. The number of aromatic nitrogens is 1. The lowest BCUT2D eigenvalue weighted by atomic mass is 10.3. The Morgan fingerprint density at radius 1 is 1.07 bits per heavy atom. The lowest BCUT2D eigenvalue weighted by Crippen LogP contribution is -2.18. The van der Waals surface area contributed by atoms with Crippen molar-refractivity contribution in [3.8, 4) is 0 Å². The van der Waals surface area contributed by atoms with E-state index < -0.39 is 0 Å². The van der Waals surface area contributed by atoms with Crippen LogP contribution in [-0.4, -0.2) is 41.0 Å². The van der Waals surface area contributed by atoms with Gasteiger partial charge < -0.3 is 10.2 Å². The van der Waals surface area contributed by atoms with E-state index in [-0.39, 0.29) is 23.5 Å². The number of rotatable bonds is 6. The van der Waals surface area contributed by atoms with Gasteiger partial charge in [-0.05, 0) is 35.3 Å². The maximum Gasteiger partial charge on any atom is 0.286 e. The quantitative estimate of drug-likeness (QED) is 0.547. The summed E-state index contributed by atoms with van der Waals surface area (Å²) in [6.45, 7) is 0. The van der Waals surface area contributed by atoms with Crippen molar-refractivity contribution >= 4 is 62.3 Å². The van der Waals surface area contributed by atoms with Gasteiger partial charge in [0.1, 0.15) is 0 Å². The summed E-state index contributed by atoms with van der Waals surface area (Å²) in [7, 11) is 3.35. The summed E-state index contributed by atoms with van der Waals surface area (Å²) in [6, 6.07) is 10.7. The molecule has 2 N–H and O–H groups in total. The van der Waals surface area contributed by atoms with Gasteiger partial charge in [0.25, 0.3) is 11.1 Å². The zero-order valence-electron chi connectivity index (χ0n) is 15.7. The Morgan fingerprint density at radius 3 is 2.59 bits per heavy atom. The van der Waals surface area contributed by atoms with Crippen molar-refractivity contribution in [2.45, 2.75) is 11.3 Å². The number of hydrogen-bond acceptors (Lipinski definition) is 7. The molecule has 7 nitrogen and oxygen atoms in total. The van der Waals surface area contributed by atoms with Crippen LogP contribution in [0.2, 0.25) is 0 Å². The average Bonchev–Trinajstić information content (AvgIpc) is 3.35. The molecule has 0 saturated carbocycles. The van der Waals surface area contributed by atoms with Gasteiger partial charge in [-0.1, -0.05) is 18.2 Å².